The Labute approximate surface area is 226 Å². The minimum absolute atomic E-state index is 0.0730. The molecule has 2 unspecified atom stereocenters. The smallest absolute Gasteiger partial charge is 0.243 e. The predicted molar refractivity (Wildman–Crippen MR) is 143 cm³/mol. The third-order valence-corrected chi connectivity index (χ3v) is 7.95. The van der Waals surface area contributed by atoms with E-state index < -0.39 is 18.1 Å². The largest absolute Gasteiger partial charge is 0.391 e. The number of hydrogen-bond acceptors (Lipinski definition) is 8. The number of aromatic nitrogens is 2. The van der Waals surface area contributed by atoms with E-state index in [-0.39, 0.29) is 36.7 Å². The van der Waals surface area contributed by atoms with Crippen molar-refractivity contribution < 1.29 is 24.0 Å². The molecule has 38 heavy (non-hydrogen) atoms. The van der Waals surface area contributed by atoms with E-state index >= 15 is 0 Å². The maximum atomic E-state index is 13.7. The van der Waals surface area contributed by atoms with E-state index in [2.05, 4.69) is 15.5 Å². The Balaban J connectivity index is 1.46. The second-order valence-electron chi connectivity index (χ2n) is 10.2. The monoisotopic (exact) mass is 538 g/mol. The zero-order chi connectivity index (χ0) is 27.4. The topological polar surface area (TPSA) is 126 Å². The number of hydrogen-bond donors (Lipinski definition) is 2. The molecule has 9 nitrogen and oxygen atoms in total. The van der Waals surface area contributed by atoms with Crippen molar-refractivity contribution in [3.8, 4) is 10.4 Å². The number of benzene rings is 1. The van der Waals surface area contributed by atoms with Gasteiger partial charge in [-0.15, -0.1) is 11.3 Å². The highest BCUT2D eigenvalue weighted by Gasteiger charge is 2.43. The van der Waals surface area contributed by atoms with E-state index in [0.717, 1.165) is 28.0 Å². The fourth-order valence-corrected chi connectivity index (χ4v) is 5.73. The highest BCUT2D eigenvalue weighted by molar-refractivity contribution is 7.13. The number of β-amino-alcohol motifs (C(OH)–C–C–N with tert-alkyl or cyclic N) is 1. The molecule has 1 aliphatic heterocycles. The molecular formula is C28H34N4O5S. The van der Waals surface area contributed by atoms with Crippen molar-refractivity contribution in [1.82, 2.24) is 20.4 Å². The SMILES string of the molecule is Cc1ncsc1-c1ccc(C(C)NC(=O)[C@@H]2C[C@@H](O)CN2C(=O)C(c2cc(CCC=O)no2)C(C)C)cc1. The number of aliphatic hydroxyl groups is 1. The molecule has 0 radical (unpaired) electrons. The molecule has 1 saturated heterocycles. The summed E-state index contributed by atoms with van der Waals surface area (Å²) in [5.41, 5.74) is 5.42. The van der Waals surface area contributed by atoms with Crippen LogP contribution in [0.2, 0.25) is 0 Å². The number of aryl methyl sites for hydroxylation is 2. The number of amides is 2. The van der Waals surface area contributed by atoms with Gasteiger partial charge in [-0.05, 0) is 37.3 Å². The zero-order valence-electron chi connectivity index (χ0n) is 22.1. The minimum atomic E-state index is -0.794. The summed E-state index contributed by atoms with van der Waals surface area (Å²) in [6, 6.07) is 8.61. The molecule has 1 fully saturated rings. The highest BCUT2D eigenvalue weighted by atomic mass is 32.1. The first-order valence-electron chi connectivity index (χ1n) is 12.9. The number of carbonyl (C=O) groups is 3. The van der Waals surface area contributed by atoms with Crippen LogP contribution in [0.3, 0.4) is 0 Å². The molecular weight excluding hydrogens is 504 g/mol. The Hall–Kier alpha value is -3.37. The zero-order valence-corrected chi connectivity index (χ0v) is 22.9. The van der Waals surface area contributed by atoms with E-state index in [4.69, 9.17) is 4.52 Å². The molecule has 1 aromatic carbocycles. The predicted octanol–water partition coefficient (Wildman–Crippen LogP) is 3.82. The maximum Gasteiger partial charge on any atom is 0.243 e. The normalized spacial score (nSPS) is 18.9. The molecule has 2 amide bonds. The summed E-state index contributed by atoms with van der Waals surface area (Å²) >= 11 is 1.59. The number of nitrogens with zero attached hydrogens (tertiary/aromatic N) is 3. The molecule has 1 aliphatic rings. The molecule has 2 aromatic heterocycles. The van der Waals surface area contributed by atoms with Crippen LogP contribution in [0.5, 0.6) is 0 Å². The first-order chi connectivity index (χ1) is 18.2. The summed E-state index contributed by atoms with van der Waals surface area (Å²) in [6.45, 7) is 7.75. The number of aliphatic hydroxyl groups excluding tert-OH is 1. The Bertz CT molecular complexity index is 1270. The van der Waals surface area contributed by atoms with Gasteiger partial charge < -0.3 is 24.6 Å². The number of thiazole rings is 1. The van der Waals surface area contributed by atoms with Gasteiger partial charge in [0.2, 0.25) is 11.8 Å². The van der Waals surface area contributed by atoms with E-state index in [1.165, 1.54) is 4.90 Å². The minimum Gasteiger partial charge on any atom is -0.391 e. The third-order valence-electron chi connectivity index (χ3n) is 6.98. The van der Waals surface area contributed by atoms with E-state index in [9.17, 15) is 19.5 Å². The molecule has 3 heterocycles. The second kappa shape index (κ2) is 12.0. The summed E-state index contributed by atoms with van der Waals surface area (Å²) in [7, 11) is 0. The van der Waals surface area contributed by atoms with E-state index in [1.54, 1.807) is 17.4 Å². The Morgan fingerprint density at radius 1 is 1.26 bits per heavy atom. The average Bonchev–Trinajstić information content (AvgIpc) is 3.62. The fourth-order valence-electron chi connectivity index (χ4n) is 4.91. The van der Waals surface area contributed by atoms with Crippen molar-refractivity contribution in [2.45, 2.75) is 71.1 Å². The van der Waals surface area contributed by atoms with Gasteiger partial charge in [-0.25, -0.2) is 4.98 Å². The molecule has 10 heteroatoms. The molecule has 0 spiro atoms. The molecule has 4 atom stereocenters. The summed E-state index contributed by atoms with van der Waals surface area (Å²) in [4.78, 5) is 44.6. The van der Waals surface area contributed by atoms with Crippen LogP contribution >= 0.6 is 11.3 Å². The third kappa shape index (κ3) is 6.02. The number of rotatable bonds is 10. The number of aldehydes is 1. The summed E-state index contributed by atoms with van der Waals surface area (Å²) in [6.07, 6.45) is 0.935. The van der Waals surface area contributed by atoms with Gasteiger partial charge in [-0.2, -0.15) is 0 Å². The van der Waals surface area contributed by atoms with E-state index in [0.29, 0.717) is 24.3 Å². The van der Waals surface area contributed by atoms with Crippen molar-refractivity contribution in [2.75, 3.05) is 6.54 Å². The van der Waals surface area contributed by atoms with Crippen molar-refractivity contribution in [3.63, 3.8) is 0 Å². The van der Waals surface area contributed by atoms with Gasteiger partial charge in [0.15, 0.2) is 0 Å². The van der Waals surface area contributed by atoms with Crippen LogP contribution < -0.4 is 5.32 Å². The number of nitrogens with one attached hydrogen (secondary N) is 1. The quantitative estimate of drug-likeness (QED) is 0.376. The lowest BCUT2D eigenvalue weighted by Gasteiger charge is -2.29. The van der Waals surface area contributed by atoms with Gasteiger partial charge in [-0.3, -0.25) is 9.59 Å². The number of likely N-dealkylation sites (tertiary alicyclic amines) is 1. The molecule has 0 aliphatic carbocycles. The Morgan fingerprint density at radius 3 is 2.63 bits per heavy atom. The van der Waals surface area contributed by atoms with Gasteiger partial charge in [-0.1, -0.05) is 43.3 Å². The van der Waals surface area contributed by atoms with Gasteiger partial charge in [0.1, 0.15) is 24.0 Å². The van der Waals surface area contributed by atoms with E-state index in [1.807, 2.05) is 57.5 Å². The van der Waals surface area contributed by atoms with Gasteiger partial charge >= 0.3 is 0 Å². The van der Waals surface area contributed by atoms with Gasteiger partial charge in [0.05, 0.1) is 33.9 Å². The van der Waals surface area contributed by atoms with Crippen molar-refractivity contribution in [3.05, 3.63) is 58.6 Å². The Kier molecular flexibility index (Phi) is 8.73. The van der Waals surface area contributed by atoms with Crippen molar-refractivity contribution >= 4 is 29.4 Å². The number of carbonyl (C=O) groups excluding carboxylic acids is 3. The first kappa shape index (κ1) is 27.7. The van der Waals surface area contributed by atoms with Crippen molar-refractivity contribution in [2.24, 2.45) is 5.92 Å². The molecule has 202 valence electrons. The van der Waals surface area contributed by atoms with Crippen LogP contribution in [0.15, 0.2) is 40.4 Å². The van der Waals surface area contributed by atoms with Gasteiger partial charge in [0, 0.05) is 25.5 Å². The lowest BCUT2D eigenvalue weighted by Crippen LogP contribution is -2.48. The second-order valence-corrected chi connectivity index (χ2v) is 11.0. The first-order valence-corrected chi connectivity index (χ1v) is 13.8. The average molecular weight is 539 g/mol. The van der Waals surface area contributed by atoms with Crippen LogP contribution in [0.25, 0.3) is 10.4 Å². The van der Waals surface area contributed by atoms with Crippen LogP contribution in [0, 0.1) is 12.8 Å². The maximum absolute atomic E-state index is 13.7. The molecule has 0 bridgehead atoms. The van der Waals surface area contributed by atoms with Gasteiger partial charge in [0.25, 0.3) is 0 Å². The molecule has 2 N–H and O–H groups in total. The van der Waals surface area contributed by atoms with Crippen LogP contribution in [-0.2, 0) is 20.8 Å². The molecule has 4 rings (SSSR count). The lowest BCUT2D eigenvalue weighted by atomic mass is 9.91. The summed E-state index contributed by atoms with van der Waals surface area (Å²) in [5, 5.41) is 17.4. The van der Waals surface area contributed by atoms with Crippen LogP contribution in [0.4, 0.5) is 0 Å². The molecule has 0 saturated carbocycles. The van der Waals surface area contributed by atoms with Crippen LogP contribution in [-0.4, -0.2) is 56.9 Å². The summed E-state index contributed by atoms with van der Waals surface area (Å²) < 4.78 is 5.47. The molecule has 3 aromatic rings. The van der Waals surface area contributed by atoms with Crippen molar-refractivity contribution in [1.29, 1.82) is 0 Å². The summed E-state index contributed by atoms with van der Waals surface area (Å²) in [5.74, 6) is -0.983. The fraction of sp³-hybridized carbons (Fsp3) is 0.464. The van der Waals surface area contributed by atoms with Crippen LogP contribution in [0.1, 0.15) is 68.3 Å². The highest BCUT2D eigenvalue weighted by Crippen LogP contribution is 2.32. The Morgan fingerprint density at radius 2 is 2.00 bits per heavy atom. The standard InChI is InChI=1S/C28H34N4O5S/c1-16(2)25(24-12-21(31-37-24)6-5-11-33)28(36)32-14-22(34)13-23(32)27(35)30-17(3)19-7-9-20(10-8-19)26-18(4)29-15-38-26/h7-12,15-17,22-23,25,34H,5-6,13-14H2,1-4H3,(H,30,35)/t17?,22-,23+,25?/m1/s1. The lowest BCUT2D eigenvalue weighted by molar-refractivity contribution is -0.141.